The van der Waals surface area contributed by atoms with E-state index in [1.54, 1.807) is 18.2 Å². The van der Waals surface area contributed by atoms with E-state index in [1.165, 1.54) is 4.90 Å². The molecule has 10 heteroatoms. The van der Waals surface area contributed by atoms with Crippen molar-refractivity contribution in [3.63, 3.8) is 0 Å². The Hall–Kier alpha value is 0.250. The summed E-state index contributed by atoms with van der Waals surface area (Å²) in [5, 5.41) is 0.866. The summed E-state index contributed by atoms with van der Waals surface area (Å²) < 4.78 is -0.494. The van der Waals surface area contributed by atoms with Crippen LogP contribution in [0.5, 0.6) is 0 Å². The van der Waals surface area contributed by atoms with Crippen LogP contribution in [0.3, 0.4) is 0 Å². The number of hydrogen-bond acceptors (Lipinski definition) is 3. The van der Waals surface area contributed by atoms with Crippen molar-refractivity contribution in [2.75, 3.05) is 11.6 Å². The first kappa shape index (κ1) is 15.6. The number of nitrogens with one attached hydrogen (secondary N) is 1. The minimum Gasteiger partial charge on any atom is -0.277 e. The minimum atomic E-state index is -1.63. The lowest BCUT2D eigenvalue weighted by molar-refractivity contribution is 0.236. The first-order valence-electron chi connectivity index (χ1n) is 4.83. The second kappa shape index (κ2) is 5.93. The number of amides is 2. The Balaban J connectivity index is 2.17. The van der Waals surface area contributed by atoms with E-state index in [-0.39, 0.29) is 12.7 Å². The Morgan fingerprint density at radius 3 is 2.26 bits per heavy atom. The lowest BCUT2D eigenvalue weighted by Gasteiger charge is -2.19. The van der Waals surface area contributed by atoms with Crippen molar-refractivity contribution in [2.45, 2.75) is 3.12 Å². The molecule has 1 saturated heterocycles. The number of hydrazine groups is 1. The van der Waals surface area contributed by atoms with Gasteiger partial charge in [-0.2, -0.15) is 9.84 Å². The lowest BCUT2D eigenvalue weighted by atomic mass is 10.3. The van der Waals surface area contributed by atoms with Crippen molar-refractivity contribution in [3.05, 3.63) is 28.2 Å². The van der Waals surface area contributed by atoms with Crippen LogP contribution in [0.4, 0.5) is 10.5 Å². The molecule has 2 amide bonds. The first-order chi connectivity index (χ1) is 8.76. The van der Waals surface area contributed by atoms with Gasteiger partial charge in [0.15, 0.2) is 0 Å². The fourth-order valence-electron chi connectivity index (χ4n) is 1.45. The monoisotopic (exact) mass is 379 g/mol. The summed E-state index contributed by atoms with van der Waals surface area (Å²) in [6.07, 6.45) is 0. The van der Waals surface area contributed by atoms with Gasteiger partial charge in [-0.25, -0.2) is 4.79 Å². The average molecular weight is 381 g/mol. The van der Waals surface area contributed by atoms with Gasteiger partial charge in [-0.3, -0.25) is 4.90 Å². The van der Waals surface area contributed by atoms with Gasteiger partial charge >= 0.3 is 6.03 Å². The smallest absolute Gasteiger partial charge is 0.277 e. The van der Waals surface area contributed by atoms with Gasteiger partial charge in [0.1, 0.15) is 0 Å². The van der Waals surface area contributed by atoms with Crippen molar-refractivity contribution in [3.8, 4) is 0 Å². The maximum atomic E-state index is 12.1. The fourth-order valence-corrected chi connectivity index (χ4v) is 3.09. The zero-order chi connectivity index (χ0) is 14.2. The molecular weight excluding hydrogens is 375 g/mol. The van der Waals surface area contributed by atoms with E-state index < -0.39 is 3.12 Å². The molecule has 0 bridgehead atoms. The van der Waals surface area contributed by atoms with E-state index in [0.29, 0.717) is 15.7 Å². The van der Waals surface area contributed by atoms with Gasteiger partial charge in [0, 0.05) is 27.7 Å². The molecule has 0 aromatic heterocycles. The van der Waals surface area contributed by atoms with Crippen LogP contribution in [-0.2, 0) is 0 Å². The number of carbonyl (C=O) groups excluding carboxylic acids is 1. The average Bonchev–Trinajstić information content (AvgIpc) is 2.56. The van der Waals surface area contributed by atoms with E-state index in [4.69, 9.17) is 58.0 Å². The van der Waals surface area contributed by atoms with Crippen LogP contribution in [0, 0.1) is 0 Å². The number of alkyl halides is 3. The summed E-state index contributed by atoms with van der Waals surface area (Å²) in [6.45, 7) is 0.225. The number of nitrogens with zero attached hydrogens (tertiary/aromatic N) is 2. The van der Waals surface area contributed by atoms with E-state index >= 15 is 0 Å². The van der Waals surface area contributed by atoms with Crippen LogP contribution in [0.1, 0.15) is 0 Å². The van der Waals surface area contributed by atoms with Gasteiger partial charge < -0.3 is 0 Å². The molecule has 0 radical (unpaired) electrons. The standard InChI is InChI=1S/C9H6Cl5N3OS/c10-5-1-6(11)3-7(2-5)16-4-15-17(8(16)18)19-9(12,13)14/h1-3,15H,4H2. The molecule has 1 fully saturated rings. The molecule has 1 aliphatic rings. The van der Waals surface area contributed by atoms with Crippen LogP contribution >= 0.6 is 70.0 Å². The molecule has 1 aromatic carbocycles. The van der Waals surface area contributed by atoms with Crippen LogP contribution in [0.25, 0.3) is 0 Å². The topological polar surface area (TPSA) is 35.6 Å². The molecule has 19 heavy (non-hydrogen) atoms. The quantitative estimate of drug-likeness (QED) is 0.597. The van der Waals surface area contributed by atoms with Gasteiger partial charge in [-0.15, -0.1) is 0 Å². The second-order valence-corrected chi connectivity index (χ2v) is 8.47. The molecule has 2 rings (SSSR count). The van der Waals surface area contributed by atoms with Crippen molar-refractivity contribution < 1.29 is 4.79 Å². The predicted octanol–water partition coefficient (Wildman–Crippen LogP) is 4.67. The van der Waals surface area contributed by atoms with Crippen LogP contribution in [0.15, 0.2) is 18.2 Å². The third-order valence-electron chi connectivity index (χ3n) is 2.13. The highest BCUT2D eigenvalue weighted by molar-refractivity contribution is 8.03. The predicted molar refractivity (Wildman–Crippen MR) is 82.1 cm³/mol. The minimum absolute atomic E-state index is 0.225. The number of anilines is 1. The zero-order valence-electron chi connectivity index (χ0n) is 9.04. The Labute approximate surface area is 138 Å². The third kappa shape index (κ3) is 4.11. The van der Waals surface area contributed by atoms with Crippen molar-refractivity contribution in [1.29, 1.82) is 0 Å². The van der Waals surface area contributed by atoms with E-state index in [1.807, 2.05) is 0 Å². The number of carbonyl (C=O) groups is 1. The summed E-state index contributed by atoms with van der Waals surface area (Å²) in [5.74, 6) is 0. The molecule has 0 atom stereocenters. The summed E-state index contributed by atoms with van der Waals surface area (Å²) in [7, 11) is 0. The normalized spacial score (nSPS) is 16.4. The Bertz CT molecular complexity index is 489. The van der Waals surface area contributed by atoms with Gasteiger partial charge in [0.05, 0.1) is 6.67 Å². The number of urea groups is 1. The highest BCUT2D eigenvalue weighted by atomic mass is 35.6. The maximum Gasteiger partial charge on any atom is 0.350 e. The molecular formula is C9H6Cl5N3OS. The molecule has 1 N–H and O–H groups in total. The Kier molecular flexibility index (Phi) is 4.88. The fraction of sp³-hybridized carbons (Fsp3) is 0.222. The van der Waals surface area contributed by atoms with Crippen LogP contribution in [-0.4, -0.2) is 20.2 Å². The van der Waals surface area contributed by atoms with E-state index in [0.717, 1.165) is 16.4 Å². The van der Waals surface area contributed by atoms with Gasteiger partial charge in [0.25, 0.3) is 3.12 Å². The first-order valence-corrected chi connectivity index (χ1v) is 7.50. The van der Waals surface area contributed by atoms with Crippen molar-refractivity contribution >= 4 is 81.7 Å². The van der Waals surface area contributed by atoms with Crippen molar-refractivity contribution in [2.24, 2.45) is 0 Å². The molecule has 0 spiro atoms. The van der Waals surface area contributed by atoms with Gasteiger partial charge in [-0.1, -0.05) is 58.0 Å². The molecule has 0 saturated carbocycles. The zero-order valence-corrected chi connectivity index (χ0v) is 13.6. The van der Waals surface area contributed by atoms with Gasteiger partial charge in [-0.05, 0) is 18.2 Å². The van der Waals surface area contributed by atoms with Crippen molar-refractivity contribution in [1.82, 2.24) is 9.84 Å². The highest BCUT2D eigenvalue weighted by Crippen LogP contribution is 2.41. The number of halogens is 5. The lowest BCUT2D eigenvalue weighted by Crippen LogP contribution is -2.31. The molecule has 1 aliphatic heterocycles. The number of hydrogen-bond donors (Lipinski definition) is 1. The van der Waals surface area contributed by atoms with Crippen LogP contribution in [0.2, 0.25) is 10.0 Å². The van der Waals surface area contributed by atoms with E-state index in [9.17, 15) is 4.79 Å². The highest BCUT2D eigenvalue weighted by Gasteiger charge is 2.36. The molecule has 1 aromatic rings. The summed E-state index contributed by atoms with van der Waals surface area (Å²) in [4.78, 5) is 13.5. The number of rotatable bonds is 2. The summed E-state index contributed by atoms with van der Waals surface area (Å²) in [6, 6.07) is 4.44. The Morgan fingerprint density at radius 2 is 1.74 bits per heavy atom. The van der Waals surface area contributed by atoms with E-state index in [2.05, 4.69) is 5.43 Å². The second-order valence-electron chi connectivity index (χ2n) is 3.49. The Morgan fingerprint density at radius 1 is 1.16 bits per heavy atom. The molecule has 4 nitrogen and oxygen atoms in total. The SMILES string of the molecule is O=C1N(SC(Cl)(Cl)Cl)NCN1c1cc(Cl)cc(Cl)c1. The third-order valence-corrected chi connectivity index (χ3v) is 3.86. The molecule has 1 heterocycles. The molecule has 0 unspecified atom stereocenters. The molecule has 0 aliphatic carbocycles. The number of benzene rings is 1. The van der Waals surface area contributed by atoms with Gasteiger partial charge in [0.2, 0.25) is 0 Å². The maximum absolute atomic E-state index is 12.1. The molecule has 104 valence electrons. The largest absolute Gasteiger partial charge is 0.350 e. The summed E-state index contributed by atoms with van der Waals surface area (Å²) in [5.41, 5.74) is 3.34. The van der Waals surface area contributed by atoms with Crippen LogP contribution < -0.4 is 10.3 Å². The summed E-state index contributed by atoms with van der Waals surface area (Å²) >= 11 is 29.4.